The van der Waals surface area contributed by atoms with Crippen LogP contribution in [0.4, 0.5) is 11.4 Å². The molecule has 1 aliphatic carbocycles. The number of fused-ring (bicyclic) bond motifs is 3. The highest BCUT2D eigenvalue weighted by molar-refractivity contribution is 5.86. The fourth-order valence-corrected chi connectivity index (χ4v) is 7.00. The molecule has 6 aromatic carbocycles. The molecule has 0 amide bonds. The molecule has 246 valence electrons. The van der Waals surface area contributed by atoms with E-state index in [9.17, 15) is 0 Å². The van der Waals surface area contributed by atoms with Gasteiger partial charge in [-0.25, -0.2) is 0 Å². The van der Waals surface area contributed by atoms with Gasteiger partial charge in [-0.3, -0.25) is 0 Å². The molecule has 0 saturated carbocycles. The first-order valence-electron chi connectivity index (χ1n) is 16.9. The summed E-state index contributed by atoms with van der Waals surface area (Å²) < 4.78 is 12.8. The number of nitrogen functional groups attached to an aromatic ring is 2. The quantitative estimate of drug-likeness (QED) is 0.177. The second-order valence-corrected chi connectivity index (χ2v) is 15.1. The van der Waals surface area contributed by atoms with Gasteiger partial charge in [-0.2, -0.15) is 0 Å². The molecule has 4 N–H and O–H groups in total. The van der Waals surface area contributed by atoms with Gasteiger partial charge in [-0.15, -0.1) is 0 Å². The molecule has 0 saturated heterocycles. The number of ether oxygens (including phenoxy) is 2. The van der Waals surface area contributed by atoms with Crippen LogP contribution in [0.3, 0.4) is 0 Å². The first-order chi connectivity index (χ1) is 23.4. The molecule has 0 bridgehead atoms. The molecule has 4 nitrogen and oxygen atoms in total. The van der Waals surface area contributed by atoms with E-state index >= 15 is 0 Å². The molecule has 0 spiro atoms. The molecule has 0 radical (unpaired) electrons. The Kier molecular flexibility index (Phi) is 7.79. The summed E-state index contributed by atoms with van der Waals surface area (Å²) in [5, 5.41) is 0. The summed E-state index contributed by atoms with van der Waals surface area (Å²) in [6.07, 6.45) is 0. The highest BCUT2D eigenvalue weighted by Crippen LogP contribution is 2.56. The molecule has 0 aromatic heterocycles. The monoisotopic (exact) mass is 644 g/mol. The Morgan fingerprint density at radius 3 is 1.18 bits per heavy atom. The van der Waals surface area contributed by atoms with Gasteiger partial charge < -0.3 is 20.9 Å². The van der Waals surface area contributed by atoms with Crippen LogP contribution in [0.5, 0.6) is 23.0 Å². The topological polar surface area (TPSA) is 70.5 Å². The molecule has 0 heterocycles. The first kappa shape index (κ1) is 32.1. The third-order valence-corrected chi connectivity index (χ3v) is 9.74. The summed E-state index contributed by atoms with van der Waals surface area (Å²) in [6, 6.07) is 46.4. The maximum Gasteiger partial charge on any atom is 0.150 e. The SMILES string of the molecule is CC(C)(C)c1ccc(N)c(Oc2ccc(C3(c4ccc(Oc5cc(C(C)(C)C)ccc5N)cc4)c4ccccc4-c4ccccc43)cc2)c1. The minimum absolute atomic E-state index is 0.0189. The summed E-state index contributed by atoms with van der Waals surface area (Å²) in [5.74, 6) is 2.79. The fraction of sp³-hybridized carbons (Fsp3) is 0.200. The van der Waals surface area contributed by atoms with Crippen molar-refractivity contribution in [2.45, 2.75) is 57.8 Å². The minimum Gasteiger partial charge on any atom is -0.455 e. The van der Waals surface area contributed by atoms with Crippen LogP contribution >= 0.6 is 0 Å². The normalized spacial score (nSPS) is 13.4. The molecular weight excluding hydrogens is 601 g/mol. The molecule has 7 rings (SSSR count). The zero-order valence-electron chi connectivity index (χ0n) is 29.2. The second kappa shape index (κ2) is 11.9. The van der Waals surface area contributed by atoms with Gasteiger partial charge in [-0.1, -0.05) is 126 Å². The summed E-state index contributed by atoms with van der Waals surface area (Å²) in [4.78, 5) is 0. The van der Waals surface area contributed by atoms with E-state index in [0.717, 1.165) is 22.6 Å². The van der Waals surface area contributed by atoms with Crippen molar-refractivity contribution in [3.05, 3.63) is 167 Å². The Bertz CT molecular complexity index is 1990. The third-order valence-electron chi connectivity index (χ3n) is 9.74. The molecule has 1 aliphatic rings. The highest BCUT2D eigenvalue weighted by atomic mass is 16.5. The van der Waals surface area contributed by atoms with Crippen molar-refractivity contribution in [1.82, 2.24) is 0 Å². The van der Waals surface area contributed by atoms with Gasteiger partial charge in [0.05, 0.1) is 16.8 Å². The minimum atomic E-state index is -0.555. The van der Waals surface area contributed by atoms with Crippen molar-refractivity contribution in [3.8, 4) is 34.1 Å². The maximum absolute atomic E-state index is 6.40. The summed E-state index contributed by atoms with van der Waals surface area (Å²) >= 11 is 0. The van der Waals surface area contributed by atoms with Crippen molar-refractivity contribution >= 4 is 11.4 Å². The van der Waals surface area contributed by atoms with Crippen LogP contribution in [0, 0.1) is 0 Å². The number of anilines is 2. The van der Waals surface area contributed by atoms with Crippen LogP contribution in [0.15, 0.2) is 133 Å². The van der Waals surface area contributed by atoms with Gasteiger partial charge >= 0.3 is 0 Å². The fourth-order valence-electron chi connectivity index (χ4n) is 7.00. The number of hydrogen-bond donors (Lipinski definition) is 2. The van der Waals surface area contributed by atoms with E-state index in [0.29, 0.717) is 22.9 Å². The van der Waals surface area contributed by atoms with Crippen LogP contribution < -0.4 is 20.9 Å². The molecule has 0 aliphatic heterocycles. The van der Waals surface area contributed by atoms with Gasteiger partial charge in [0, 0.05) is 0 Å². The van der Waals surface area contributed by atoms with Crippen molar-refractivity contribution in [2.24, 2.45) is 0 Å². The van der Waals surface area contributed by atoms with E-state index < -0.39 is 5.41 Å². The smallest absolute Gasteiger partial charge is 0.150 e. The molecular formula is C45H44N2O2. The van der Waals surface area contributed by atoms with Crippen molar-refractivity contribution in [1.29, 1.82) is 0 Å². The number of hydrogen-bond acceptors (Lipinski definition) is 4. The zero-order chi connectivity index (χ0) is 34.6. The van der Waals surface area contributed by atoms with Gasteiger partial charge in [-0.05, 0) is 104 Å². The summed E-state index contributed by atoms with van der Waals surface area (Å²) in [5.41, 5.74) is 22.9. The zero-order valence-corrected chi connectivity index (χ0v) is 29.2. The third kappa shape index (κ3) is 5.72. The molecule has 0 fully saturated rings. The Morgan fingerprint density at radius 2 is 0.816 bits per heavy atom. The predicted octanol–water partition coefficient (Wildman–Crippen LogP) is 11.4. The molecule has 49 heavy (non-hydrogen) atoms. The van der Waals surface area contributed by atoms with E-state index in [1.54, 1.807) is 0 Å². The van der Waals surface area contributed by atoms with Crippen LogP contribution in [0.2, 0.25) is 0 Å². The Balaban J connectivity index is 1.31. The van der Waals surface area contributed by atoms with Crippen LogP contribution in [-0.2, 0) is 16.2 Å². The summed E-state index contributed by atoms with van der Waals surface area (Å²) in [7, 11) is 0. The lowest BCUT2D eigenvalue weighted by atomic mass is 9.68. The molecule has 0 unspecified atom stereocenters. The van der Waals surface area contributed by atoms with Gasteiger partial charge in [0.25, 0.3) is 0 Å². The average molecular weight is 645 g/mol. The van der Waals surface area contributed by atoms with Crippen LogP contribution in [0.1, 0.15) is 74.9 Å². The van der Waals surface area contributed by atoms with Crippen molar-refractivity contribution < 1.29 is 9.47 Å². The number of rotatable bonds is 6. The highest BCUT2D eigenvalue weighted by Gasteiger charge is 2.45. The largest absolute Gasteiger partial charge is 0.455 e. The first-order valence-corrected chi connectivity index (χ1v) is 16.9. The standard InChI is InChI=1S/C45H44N2O2/c1-43(2,3)31-19-25-39(46)41(27-31)48-33-21-15-29(16-22-33)45(37-13-9-7-11-35(37)36-12-8-10-14-38(36)45)30-17-23-34(24-18-30)49-42-28-32(44(4,5)6)20-26-40(42)47/h7-28H,46-47H2,1-6H3. The van der Waals surface area contributed by atoms with Gasteiger partial charge in [0.2, 0.25) is 0 Å². The molecule has 4 heteroatoms. The van der Waals surface area contributed by atoms with E-state index in [4.69, 9.17) is 20.9 Å². The van der Waals surface area contributed by atoms with E-state index in [1.165, 1.54) is 33.4 Å². The predicted molar refractivity (Wildman–Crippen MR) is 203 cm³/mol. The Labute approximate surface area is 290 Å². The van der Waals surface area contributed by atoms with Gasteiger partial charge in [0.15, 0.2) is 11.5 Å². The number of benzene rings is 6. The lowest BCUT2D eigenvalue weighted by Gasteiger charge is -2.34. The second-order valence-electron chi connectivity index (χ2n) is 15.1. The van der Waals surface area contributed by atoms with E-state index in [-0.39, 0.29) is 10.8 Å². The maximum atomic E-state index is 6.40. The van der Waals surface area contributed by atoms with Crippen LogP contribution in [0.25, 0.3) is 11.1 Å². The van der Waals surface area contributed by atoms with Gasteiger partial charge in [0.1, 0.15) is 11.5 Å². The van der Waals surface area contributed by atoms with E-state index in [2.05, 4.69) is 126 Å². The molecule has 6 aromatic rings. The lowest BCUT2D eigenvalue weighted by Crippen LogP contribution is -2.28. The average Bonchev–Trinajstić information content (AvgIpc) is 3.38. The lowest BCUT2D eigenvalue weighted by molar-refractivity contribution is 0.480. The Hall–Kier alpha value is -5.48. The van der Waals surface area contributed by atoms with Crippen molar-refractivity contribution in [3.63, 3.8) is 0 Å². The Morgan fingerprint density at radius 1 is 0.449 bits per heavy atom. The van der Waals surface area contributed by atoms with E-state index in [1.807, 2.05) is 48.5 Å². The van der Waals surface area contributed by atoms with Crippen molar-refractivity contribution in [2.75, 3.05) is 11.5 Å². The molecule has 0 atom stereocenters. The number of nitrogens with two attached hydrogens (primary N) is 2. The summed E-state index contributed by atoms with van der Waals surface area (Å²) in [6.45, 7) is 13.1. The van der Waals surface area contributed by atoms with Crippen LogP contribution in [-0.4, -0.2) is 0 Å².